The van der Waals surface area contributed by atoms with E-state index < -0.39 is 0 Å². The normalized spacial score (nSPS) is 50.9. The van der Waals surface area contributed by atoms with Crippen LogP contribution in [0, 0.1) is 34.5 Å². The zero-order chi connectivity index (χ0) is 15.5. The molecule has 0 bridgehead atoms. The molecule has 22 heavy (non-hydrogen) atoms. The zero-order valence-electron chi connectivity index (χ0n) is 14.1. The summed E-state index contributed by atoms with van der Waals surface area (Å²) in [5.41, 5.74) is 1.97. The minimum Gasteiger partial charge on any atom is -0.396 e. The average Bonchev–Trinajstić information content (AvgIpc) is 2.82. The molecule has 0 heterocycles. The van der Waals surface area contributed by atoms with Crippen molar-refractivity contribution >= 4 is 5.78 Å². The molecule has 0 aromatic rings. The van der Waals surface area contributed by atoms with Gasteiger partial charge in [0.25, 0.3) is 0 Å². The Bertz CT molecular complexity index is 522. The van der Waals surface area contributed by atoms with Gasteiger partial charge in [-0.25, -0.2) is 0 Å². The Balaban J connectivity index is 1.66. The highest BCUT2D eigenvalue weighted by Gasteiger charge is 2.58. The van der Waals surface area contributed by atoms with E-state index in [0.717, 1.165) is 37.5 Å². The number of aliphatic hydroxyl groups excluding tert-OH is 1. The molecule has 2 nitrogen and oxygen atoms in total. The van der Waals surface area contributed by atoms with Gasteiger partial charge in [-0.1, -0.05) is 25.5 Å². The number of Topliss-reactive ketones (excluding diaryl/α,β-unsaturated/α-hetero) is 1. The number of allylic oxidation sites excluding steroid dienone is 2. The molecule has 0 aromatic heterocycles. The smallest absolute Gasteiger partial charge is 0.139 e. The molecule has 0 aromatic carbocycles. The van der Waals surface area contributed by atoms with Crippen molar-refractivity contribution in [3.05, 3.63) is 11.6 Å². The van der Waals surface area contributed by atoms with Crippen LogP contribution in [0.4, 0.5) is 0 Å². The fourth-order valence-electron chi connectivity index (χ4n) is 6.66. The molecule has 0 spiro atoms. The van der Waals surface area contributed by atoms with Crippen LogP contribution in [0.15, 0.2) is 11.6 Å². The highest BCUT2D eigenvalue weighted by Crippen LogP contribution is 2.64. The molecule has 0 amide bonds. The summed E-state index contributed by atoms with van der Waals surface area (Å²) in [6.07, 6.45) is 11.5. The number of carbonyl (C=O) groups excluding carboxylic acids is 1. The van der Waals surface area contributed by atoms with Crippen molar-refractivity contribution in [2.45, 2.75) is 65.2 Å². The van der Waals surface area contributed by atoms with Crippen molar-refractivity contribution in [1.82, 2.24) is 0 Å². The molecule has 0 radical (unpaired) electrons. The summed E-state index contributed by atoms with van der Waals surface area (Å²) in [6.45, 7) is 5.09. The Labute approximate surface area is 134 Å². The van der Waals surface area contributed by atoms with E-state index in [0.29, 0.717) is 29.6 Å². The highest BCUT2D eigenvalue weighted by molar-refractivity contribution is 5.87. The van der Waals surface area contributed by atoms with Gasteiger partial charge >= 0.3 is 0 Å². The summed E-state index contributed by atoms with van der Waals surface area (Å²) in [5.74, 6) is 3.15. The minimum atomic E-state index is -0.00876. The van der Waals surface area contributed by atoms with Crippen LogP contribution in [-0.2, 0) is 4.79 Å². The summed E-state index contributed by atoms with van der Waals surface area (Å²) in [6, 6.07) is 0. The summed E-state index contributed by atoms with van der Waals surface area (Å²) in [7, 11) is 0. The molecular formula is C20H30O2. The van der Waals surface area contributed by atoms with E-state index in [1.807, 2.05) is 0 Å². The second-order valence-electron chi connectivity index (χ2n) is 8.97. The number of ketones is 1. The Hall–Kier alpha value is -0.630. The average molecular weight is 302 g/mol. The fraction of sp³-hybridized carbons (Fsp3) is 0.850. The van der Waals surface area contributed by atoms with E-state index in [1.54, 1.807) is 5.57 Å². The molecule has 4 rings (SSSR count). The van der Waals surface area contributed by atoms with Gasteiger partial charge in [0.15, 0.2) is 0 Å². The van der Waals surface area contributed by atoms with Gasteiger partial charge < -0.3 is 5.11 Å². The first kappa shape index (κ1) is 14.9. The van der Waals surface area contributed by atoms with Gasteiger partial charge in [0.05, 0.1) is 0 Å². The van der Waals surface area contributed by atoms with Crippen LogP contribution < -0.4 is 0 Å². The lowest BCUT2D eigenvalue weighted by Gasteiger charge is -2.57. The van der Waals surface area contributed by atoms with E-state index in [4.69, 9.17) is 0 Å². The van der Waals surface area contributed by atoms with Crippen LogP contribution in [0.2, 0.25) is 0 Å². The van der Waals surface area contributed by atoms with Crippen molar-refractivity contribution in [3.8, 4) is 0 Å². The van der Waals surface area contributed by atoms with Gasteiger partial charge in [0.1, 0.15) is 5.78 Å². The second kappa shape index (κ2) is 4.93. The fourth-order valence-corrected chi connectivity index (χ4v) is 6.66. The second-order valence-corrected chi connectivity index (χ2v) is 8.97. The molecule has 0 aliphatic heterocycles. The summed E-state index contributed by atoms with van der Waals surface area (Å²) < 4.78 is 0. The van der Waals surface area contributed by atoms with Crippen molar-refractivity contribution in [3.63, 3.8) is 0 Å². The van der Waals surface area contributed by atoms with Gasteiger partial charge in [-0.3, -0.25) is 4.79 Å². The molecule has 4 aliphatic rings. The maximum Gasteiger partial charge on any atom is 0.139 e. The number of hydrogen-bond donors (Lipinski definition) is 1. The first-order valence-corrected chi connectivity index (χ1v) is 9.32. The van der Waals surface area contributed by atoms with Gasteiger partial charge in [-0.05, 0) is 74.0 Å². The van der Waals surface area contributed by atoms with E-state index >= 15 is 0 Å². The predicted octanol–water partition coefficient (Wildman–Crippen LogP) is 4.13. The van der Waals surface area contributed by atoms with Crippen molar-refractivity contribution in [2.24, 2.45) is 34.5 Å². The topological polar surface area (TPSA) is 37.3 Å². The Morgan fingerprint density at radius 3 is 2.64 bits per heavy atom. The van der Waals surface area contributed by atoms with Gasteiger partial charge in [-0.15, -0.1) is 0 Å². The largest absolute Gasteiger partial charge is 0.396 e. The third-order valence-corrected chi connectivity index (χ3v) is 8.17. The zero-order valence-corrected chi connectivity index (χ0v) is 14.1. The maximum atomic E-state index is 12.4. The number of aliphatic hydroxyl groups is 1. The molecule has 4 aliphatic carbocycles. The molecule has 2 heteroatoms. The first-order chi connectivity index (χ1) is 10.5. The van der Waals surface area contributed by atoms with E-state index in [1.165, 1.54) is 25.7 Å². The van der Waals surface area contributed by atoms with Crippen molar-refractivity contribution < 1.29 is 9.90 Å². The van der Waals surface area contributed by atoms with Crippen molar-refractivity contribution in [2.75, 3.05) is 6.61 Å². The van der Waals surface area contributed by atoms with Crippen LogP contribution in [0.25, 0.3) is 0 Å². The summed E-state index contributed by atoms with van der Waals surface area (Å²) in [5, 5.41) is 9.52. The number of fused-ring (bicyclic) bond motifs is 5. The quantitative estimate of drug-likeness (QED) is 0.740. The van der Waals surface area contributed by atoms with Crippen LogP contribution in [0.3, 0.4) is 0 Å². The lowest BCUT2D eigenvalue weighted by molar-refractivity contribution is -0.131. The van der Waals surface area contributed by atoms with Crippen LogP contribution in [0.1, 0.15) is 65.2 Å². The number of hydrogen-bond acceptors (Lipinski definition) is 2. The third kappa shape index (κ3) is 1.85. The van der Waals surface area contributed by atoms with Crippen molar-refractivity contribution in [1.29, 1.82) is 0 Å². The summed E-state index contributed by atoms with van der Waals surface area (Å²) in [4.78, 5) is 12.4. The Morgan fingerprint density at radius 2 is 1.86 bits per heavy atom. The standard InChI is InChI=1S/C20H30O2/c1-19-9-7-13(12-21)11-14(19)3-4-15-16-5-6-18(22)20(16,2)10-8-17(15)19/h3,13,15-17,21H,4-12H2,1-2H3. The predicted molar refractivity (Wildman–Crippen MR) is 87.3 cm³/mol. The van der Waals surface area contributed by atoms with Crippen LogP contribution in [-0.4, -0.2) is 17.5 Å². The molecule has 3 saturated carbocycles. The molecule has 1 N–H and O–H groups in total. The Kier molecular flexibility index (Phi) is 3.35. The van der Waals surface area contributed by atoms with Gasteiger partial charge in [0, 0.05) is 18.4 Å². The molecule has 122 valence electrons. The molecule has 6 atom stereocenters. The molecule has 6 unspecified atom stereocenters. The van der Waals surface area contributed by atoms with E-state index in [9.17, 15) is 9.90 Å². The van der Waals surface area contributed by atoms with Gasteiger partial charge in [0.2, 0.25) is 0 Å². The van der Waals surface area contributed by atoms with E-state index in [-0.39, 0.29) is 5.41 Å². The first-order valence-electron chi connectivity index (χ1n) is 9.32. The number of carbonyl (C=O) groups is 1. The number of rotatable bonds is 1. The highest BCUT2D eigenvalue weighted by atomic mass is 16.3. The SMILES string of the molecule is CC12CCC3C(CC=C4CC(CO)CCC43C)C1CCC2=O. The lowest BCUT2D eigenvalue weighted by Crippen LogP contribution is -2.50. The van der Waals surface area contributed by atoms with Gasteiger partial charge in [-0.2, -0.15) is 0 Å². The monoisotopic (exact) mass is 302 g/mol. The molecule has 0 saturated heterocycles. The van der Waals surface area contributed by atoms with Crippen LogP contribution in [0.5, 0.6) is 0 Å². The van der Waals surface area contributed by atoms with E-state index in [2.05, 4.69) is 19.9 Å². The maximum absolute atomic E-state index is 12.4. The van der Waals surface area contributed by atoms with Crippen LogP contribution >= 0.6 is 0 Å². The molecular weight excluding hydrogens is 272 g/mol. The molecule has 3 fully saturated rings. The Morgan fingerprint density at radius 1 is 1.14 bits per heavy atom. The third-order valence-electron chi connectivity index (χ3n) is 8.17. The minimum absolute atomic E-state index is 0.00876. The lowest BCUT2D eigenvalue weighted by atomic mass is 9.47. The summed E-state index contributed by atoms with van der Waals surface area (Å²) >= 11 is 0.